The largest absolute Gasteiger partial charge is 0.307 e. The predicted octanol–water partition coefficient (Wildman–Crippen LogP) is 3.87. The Bertz CT molecular complexity index is 599. The minimum atomic E-state index is -0.525. The SMILES string of the molecule is CCc1cccc(-c2cnc(Cl)c([N+](=O)[O-])c2)c1. The van der Waals surface area contributed by atoms with Gasteiger partial charge in [0, 0.05) is 17.8 Å². The Morgan fingerprint density at radius 2 is 2.11 bits per heavy atom. The average molecular weight is 263 g/mol. The number of aryl methyl sites for hydroxylation is 1. The zero-order valence-corrected chi connectivity index (χ0v) is 10.5. The first kappa shape index (κ1) is 12.5. The van der Waals surface area contributed by atoms with Crippen molar-refractivity contribution in [3.05, 3.63) is 57.4 Å². The molecule has 0 N–H and O–H groups in total. The van der Waals surface area contributed by atoms with E-state index < -0.39 is 4.92 Å². The van der Waals surface area contributed by atoms with Crippen LogP contribution in [0.4, 0.5) is 5.69 Å². The maximum atomic E-state index is 10.8. The lowest BCUT2D eigenvalue weighted by Crippen LogP contribution is -1.92. The Morgan fingerprint density at radius 3 is 2.78 bits per heavy atom. The van der Waals surface area contributed by atoms with E-state index in [-0.39, 0.29) is 10.8 Å². The second-order valence-electron chi connectivity index (χ2n) is 3.84. The highest BCUT2D eigenvalue weighted by Gasteiger charge is 2.14. The summed E-state index contributed by atoms with van der Waals surface area (Å²) in [5.74, 6) is 0. The minimum absolute atomic E-state index is 0.0876. The molecule has 18 heavy (non-hydrogen) atoms. The van der Waals surface area contributed by atoms with Gasteiger partial charge in [0.25, 0.3) is 0 Å². The summed E-state index contributed by atoms with van der Waals surface area (Å²) in [6.07, 6.45) is 2.46. The van der Waals surface area contributed by atoms with E-state index in [4.69, 9.17) is 11.6 Å². The molecule has 92 valence electrons. The smallest absolute Gasteiger partial charge is 0.258 e. The molecule has 0 aliphatic rings. The molecule has 0 saturated carbocycles. The van der Waals surface area contributed by atoms with Gasteiger partial charge in [-0.3, -0.25) is 10.1 Å². The topological polar surface area (TPSA) is 56.0 Å². The highest BCUT2D eigenvalue weighted by molar-refractivity contribution is 6.31. The lowest BCUT2D eigenvalue weighted by Gasteiger charge is -2.04. The van der Waals surface area contributed by atoms with Crippen molar-refractivity contribution in [1.29, 1.82) is 0 Å². The first-order chi connectivity index (χ1) is 8.61. The third-order valence-corrected chi connectivity index (χ3v) is 2.98. The molecule has 0 unspecified atom stereocenters. The van der Waals surface area contributed by atoms with Crippen molar-refractivity contribution in [3.63, 3.8) is 0 Å². The van der Waals surface area contributed by atoms with E-state index in [0.29, 0.717) is 5.56 Å². The summed E-state index contributed by atoms with van der Waals surface area (Å²) in [7, 11) is 0. The zero-order valence-electron chi connectivity index (χ0n) is 9.76. The van der Waals surface area contributed by atoms with Gasteiger partial charge in [-0.15, -0.1) is 0 Å². The number of benzene rings is 1. The molecule has 1 heterocycles. The van der Waals surface area contributed by atoms with Gasteiger partial charge in [-0.1, -0.05) is 42.8 Å². The number of hydrogen-bond donors (Lipinski definition) is 0. The molecule has 1 aromatic heterocycles. The Kier molecular flexibility index (Phi) is 3.58. The van der Waals surface area contributed by atoms with E-state index in [1.807, 2.05) is 24.3 Å². The number of halogens is 1. The van der Waals surface area contributed by atoms with Gasteiger partial charge in [-0.25, -0.2) is 4.98 Å². The van der Waals surface area contributed by atoms with Gasteiger partial charge < -0.3 is 0 Å². The molecule has 0 radical (unpaired) electrons. The Balaban J connectivity index is 2.50. The molecule has 0 aliphatic heterocycles. The predicted molar refractivity (Wildman–Crippen MR) is 70.7 cm³/mol. The molecule has 0 spiro atoms. The maximum Gasteiger partial charge on any atom is 0.307 e. The van der Waals surface area contributed by atoms with Gasteiger partial charge in [0.1, 0.15) is 0 Å². The van der Waals surface area contributed by atoms with Gasteiger partial charge in [-0.2, -0.15) is 0 Å². The van der Waals surface area contributed by atoms with Crippen LogP contribution in [0.3, 0.4) is 0 Å². The monoisotopic (exact) mass is 262 g/mol. The molecule has 5 heteroatoms. The van der Waals surface area contributed by atoms with Crippen LogP contribution in [-0.4, -0.2) is 9.91 Å². The van der Waals surface area contributed by atoms with Gasteiger partial charge in [0.05, 0.1) is 4.92 Å². The fourth-order valence-corrected chi connectivity index (χ4v) is 1.87. The molecule has 0 aliphatic carbocycles. The van der Waals surface area contributed by atoms with Crippen LogP contribution in [0.25, 0.3) is 11.1 Å². The quantitative estimate of drug-likeness (QED) is 0.479. The van der Waals surface area contributed by atoms with Crippen LogP contribution in [0.1, 0.15) is 12.5 Å². The summed E-state index contributed by atoms with van der Waals surface area (Å²) in [6.45, 7) is 2.06. The summed E-state index contributed by atoms with van der Waals surface area (Å²) >= 11 is 5.68. The van der Waals surface area contributed by atoms with Crippen LogP contribution < -0.4 is 0 Å². The second-order valence-corrected chi connectivity index (χ2v) is 4.20. The molecule has 0 bridgehead atoms. The summed E-state index contributed by atoms with van der Waals surface area (Å²) in [5, 5.41) is 10.7. The van der Waals surface area contributed by atoms with Gasteiger partial charge in [0.2, 0.25) is 5.15 Å². The molecule has 4 nitrogen and oxygen atoms in total. The highest BCUT2D eigenvalue weighted by atomic mass is 35.5. The summed E-state index contributed by atoms with van der Waals surface area (Å²) < 4.78 is 0. The van der Waals surface area contributed by atoms with Crippen LogP contribution >= 0.6 is 11.6 Å². The lowest BCUT2D eigenvalue weighted by molar-refractivity contribution is -0.385. The maximum absolute atomic E-state index is 10.8. The van der Waals surface area contributed by atoms with Crippen molar-refractivity contribution in [3.8, 4) is 11.1 Å². The Morgan fingerprint density at radius 1 is 1.33 bits per heavy atom. The van der Waals surface area contributed by atoms with Crippen molar-refractivity contribution in [2.24, 2.45) is 0 Å². The summed E-state index contributed by atoms with van der Waals surface area (Å²) in [4.78, 5) is 14.1. The van der Waals surface area contributed by atoms with E-state index in [1.54, 1.807) is 6.20 Å². The number of nitrogens with zero attached hydrogens (tertiary/aromatic N) is 2. The fraction of sp³-hybridized carbons (Fsp3) is 0.154. The molecular formula is C13H11ClN2O2. The van der Waals surface area contributed by atoms with Crippen molar-refractivity contribution < 1.29 is 4.92 Å². The molecule has 0 fully saturated rings. The Hall–Kier alpha value is -1.94. The van der Waals surface area contributed by atoms with E-state index >= 15 is 0 Å². The van der Waals surface area contributed by atoms with E-state index in [0.717, 1.165) is 12.0 Å². The van der Waals surface area contributed by atoms with Crippen molar-refractivity contribution >= 4 is 17.3 Å². The van der Waals surface area contributed by atoms with Gasteiger partial charge >= 0.3 is 5.69 Å². The fourth-order valence-electron chi connectivity index (χ4n) is 1.69. The molecule has 1 aromatic carbocycles. The van der Waals surface area contributed by atoms with Crippen LogP contribution in [0.5, 0.6) is 0 Å². The molecule has 2 aromatic rings. The summed E-state index contributed by atoms with van der Waals surface area (Å²) in [5.41, 5.74) is 2.60. The first-order valence-electron chi connectivity index (χ1n) is 5.51. The number of pyridine rings is 1. The standard InChI is InChI=1S/C13H11ClN2O2/c1-2-9-4-3-5-10(6-9)11-7-12(16(17)18)13(14)15-8-11/h3-8H,2H2,1H3. The number of aromatic nitrogens is 1. The molecular weight excluding hydrogens is 252 g/mol. The average Bonchev–Trinajstić information content (AvgIpc) is 2.39. The van der Waals surface area contributed by atoms with E-state index in [2.05, 4.69) is 11.9 Å². The molecule has 0 atom stereocenters. The summed E-state index contributed by atoms with van der Waals surface area (Å²) in [6, 6.07) is 9.28. The minimum Gasteiger partial charge on any atom is -0.258 e. The lowest BCUT2D eigenvalue weighted by atomic mass is 10.0. The highest BCUT2D eigenvalue weighted by Crippen LogP contribution is 2.28. The van der Waals surface area contributed by atoms with Gasteiger partial charge in [0.15, 0.2) is 0 Å². The first-order valence-corrected chi connectivity index (χ1v) is 5.89. The van der Waals surface area contributed by atoms with Crippen LogP contribution in [-0.2, 0) is 6.42 Å². The molecule has 0 saturated heterocycles. The number of rotatable bonds is 3. The molecule has 2 rings (SSSR count). The van der Waals surface area contributed by atoms with Crippen LogP contribution in [0.15, 0.2) is 36.5 Å². The normalized spacial score (nSPS) is 10.3. The Labute approximate surface area is 109 Å². The zero-order chi connectivity index (χ0) is 13.1. The van der Waals surface area contributed by atoms with Crippen LogP contribution in [0, 0.1) is 10.1 Å². The van der Waals surface area contributed by atoms with Crippen molar-refractivity contribution in [2.45, 2.75) is 13.3 Å². The van der Waals surface area contributed by atoms with E-state index in [1.165, 1.54) is 11.6 Å². The second kappa shape index (κ2) is 5.14. The number of hydrogen-bond acceptors (Lipinski definition) is 3. The molecule has 0 amide bonds. The third-order valence-electron chi connectivity index (χ3n) is 2.69. The third kappa shape index (κ3) is 2.49. The number of nitro groups is 1. The van der Waals surface area contributed by atoms with Crippen molar-refractivity contribution in [2.75, 3.05) is 0 Å². The van der Waals surface area contributed by atoms with Gasteiger partial charge in [-0.05, 0) is 17.5 Å². The van der Waals surface area contributed by atoms with Crippen LogP contribution in [0.2, 0.25) is 5.15 Å². The van der Waals surface area contributed by atoms with Crippen molar-refractivity contribution in [1.82, 2.24) is 4.98 Å². The van der Waals surface area contributed by atoms with E-state index in [9.17, 15) is 10.1 Å².